The second-order valence-electron chi connectivity index (χ2n) is 5.55. The van der Waals surface area contributed by atoms with E-state index in [4.69, 9.17) is 4.74 Å². The van der Waals surface area contributed by atoms with Crippen molar-refractivity contribution in [1.29, 1.82) is 0 Å². The van der Waals surface area contributed by atoms with Crippen molar-refractivity contribution < 1.29 is 24.2 Å². The van der Waals surface area contributed by atoms with E-state index in [0.717, 1.165) is 0 Å². The number of carbonyl (C=O) groups excluding carboxylic acids is 2. The Morgan fingerprint density at radius 3 is 2.52 bits per heavy atom. The molecule has 1 aromatic carbocycles. The number of rotatable bonds is 7. The molecule has 1 aromatic rings. The minimum absolute atomic E-state index is 0.307. The first kappa shape index (κ1) is 18.5. The lowest BCUT2D eigenvalue weighted by molar-refractivity contribution is -0.139. The van der Waals surface area contributed by atoms with E-state index in [2.05, 4.69) is 10.6 Å². The summed E-state index contributed by atoms with van der Waals surface area (Å²) in [6.45, 7) is 4.46. The van der Waals surface area contributed by atoms with Crippen LogP contribution in [0.4, 0.5) is 0 Å². The molecule has 0 aromatic heterocycles. The second-order valence-corrected chi connectivity index (χ2v) is 5.55. The number of carbonyl (C=O) groups is 3. The standard InChI is InChI=1S/C16H22N2O5/c1-10(17-11(2)19)15(22)18-16(3,9-14(20)21)12-6-5-7-13(8-12)23-4/h5-8,10H,9H2,1-4H3,(H,17,19)(H,18,22)(H,20,21). The van der Waals surface area contributed by atoms with Crippen molar-refractivity contribution in [1.82, 2.24) is 10.6 Å². The van der Waals surface area contributed by atoms with E-state index in [1.165, 1.54) is 21.0 Å². The zero-order valence-corrected chi connectivity index (χ0v) is 13.7. The molecule has 0 radical (unpaired) electrons. The van der Waals surface area contributed by atoms with Crippen LogP contribution in [0.25, 0.3) is 0 Å². The van der Waals surface area contributed by atoms with Crippen molar-refractivity contribution in [3.8, 4) is 5.75 Å². The lowest BCUT2D eigenvalue weighted by Crippen LogP contribution is -2.52. The Kier molecular flexibility index (Phi) is 6.12. The van der Waals surface area contributed by atoms with Crippen molar-refractivity contribution in [3.05, 3.63) is 29.8 Å². The van der Waals surface area contributed by atoms with Crippen molar-refractivity contribution in [2.45, 2.75) is 38.8 Å². The van der Waals surface area contributed by atoms with Crippen LogP contribution in [0.1, 0.15) is 32.8 Å². The highest BCUT2D eigenvalue weighted by Crippen LogP contribution is 2.28. The molecule has 2 unspecified atom stereocenters. The number of carboxylic acids is 1. The van der Waals surface area contributed by atoms with Gasteiger partial charge in [0.15, 0.2) is 0 Å². The predicted molar refractivity (Wildman–Crippen MR) is 84.0 cm³/mol. The number of benzene rings is 1. The van der Waals surface area contributed by atoms with Crippen LogP contribution in [0.3, 0.4) is 0 Å². The number of nitrogens with one attached hydrogen (secondary N) is 2. The molecular weight excluding hydrogens is 300 g/mol. The molecule has 0 aliphatic heterocycles. The third-order valence-electron chi connectivity index (χ3n) is 3.42. The predicted octanol–water partition coefficient (Wildman–Crippen LogP) is 1.03. The van der Waals surface area contributed by atoms with Crippen LogP contribution in [0.5, 0.6) is 5.75 Å². The molecule has 7 heteroatoms. The van der Waals surface area contributed by atoms with Crippen LogP contribution >= 0.6 is 0 Å². The molecule has 2 amide bonds. The highest BCUT2D eigenvalue weighted by atomic mass is 16.5. The molecule has 0 aliphatic carbocycles. The van der Waals surface area contributed by atoms with Gasteiger partial charge in [-0.1, -0.05) is 12.1 Å². The monoisotopic (exact) mass is 322 g/mol. The van der Waals surface area contributed by atoms with E-state index < -0.39 is 23.5 Å². The van der Waals surface area contributed by atoms with Crippen molar-refractivity contribution in [2.24, 2.45) is 0 Å². The molecule has 0 bridgehead atoms. The maximum Gasteiger partial charge on any atom is 0.306 e. The van der Waals surface area contributed by atoms with Gasteiger partial charge in [-0.2, -0.15) is 0 Å². The lowest BCUT2D eigenvalue weighted by Gasteiger charge is -2.31. The summed E-state index contributed by atoms with van der Waals surface area (Å²) >= 11 is 0. The third kappa shape index (κ3) is 5.28. The van der Waals surface area contributed by atoms with Gasteiger partial charge in [0, 0.05) is 6.92 Å². The van der Waals surface area contributed by atoms with Crippen molar-refractivity contribution in [3.63, 3.8) is 0 Å². The summed E-state index contributed by atoms with van der Waals surface area (Å²) in [7, 11) is 1.51. The first-order valence-corrected chi connectivity index (χ1v) is 7.13. The molecule has 126 valence electrons. The minimum Gasteiger partial charge on any atom is -0.497 e. The number of amides is 2. The molecular formula is C16H22N2O5. The molecule has 0 spiro atoms. The van der Waals surface area contributed by atoms with Crippen LogP contribution in [-0.4, -0.2) is 36.0 Å². The molecule has 2 atom stereocenters. The summed E-state index contributed by atoms with van der Waals surface area (Å²) < 4.78 is 5.14. The van der Waals surface area contributed by atoms with Gasteiger partial charge in [0.1, 0.15) is 11.8 Å². The van der Waals surface area contributed by atoms with E-state index in [9.17, 15) is 19.5 Å². The van der Waals surface area contributed by atoms with Gasteiger partial charge in [0.25, 0.3) is 0 Å². The Hall–Kier alpha value is -2.57. The fourth-order valence-electron chi connectivity index (χ4n) is 2.24. The van der Waals surface area contributed by atoms with Crippen molar-refractivity contribution in [2.75, 3.05) is 7.11 Å². The normalized spacial score (nSPS) is 14.3. The minimum atomic E-state index is -1.13. The van der Waals surface area contributed by atoms with Gasteiger partial charge in [-0.15, -0.1) is 0 Å². The molecule has 0 saturated heterocycles. The van der Waals surface area contributed by atoms with E-state index in [1.54, 1.807) is 31.2 Å². The summed E-state index contributed by atoms with van der Waals surface area (Å²) in [6.07, 6.45) is -0.307. The first-order chi connectivity index (χ1) is 10.7. The van der Waals surface area contributed by atoms with E-state index >= 15 is 0 Å². The maximum atomic E-state index is 12.3. The molecule has 0 saturated carbocycles. The van der Waals surface area contributed by atoms with Gasteiger partial charge >= 0.3 is 5.97 Å². The summed E-state index contributed by atoms with van der Waals surface area (Å²) in [5.74, 6) is -1.30. The SMILES string of the molecule is COc1cccc(C(C)(CC(=O)O)NC(=O)C(C)NC(C)=O)c1. The Morgan fingerprint density at radius 1 is 1.35 bits per heavy atom. The fourth-order valence-corrected chi connectivity index (χ4v) is 2.24. The summed E-state index contributed by atoms with van der Waals surface area (Å²) in [5, 5.41) is 14.4. The first-order valence-electron chi connectivity index (χ1n) is 7.13. The smallest absolute Gasteiger partial charge is 0.306 e. The maximum absolute atomic E-state index is 12.3. The Labute approximate surface area is 135 Å². The lowest BCUT2D eigenvalue weighted by atomic mass is 9.88. The number of aliphatic carboxylic acids is 1. The molecule has 7 nitrogen and oxygen atoms in total. The second kappa shape index (κ2) is 7.62. The number of methoxy groups -OCH3 is 1. The van der Waals surface area contributed by atoms with Crippen LogP contribution in [0.15, 0.2) is 24.3 Å². The zero-order chi connectivity index (χ0) is 17.6. The van der Waals surface area contributed by atoms with Crippen LogP contribution in [0, 0.1) is 0 Å². The van der Waals surface area contributed by atoms with Crippen LogP contribution < -0.4 is 15.4 Å². The number of carboxylic acid groups (broad SMARTS) is 1. The number of hydrogen-bond acceptors (Lipinski definition) is 4. The van der Waals surface area contributed by atoms with Crippen LogP contribution in [-0.2, 0) is 19.9 Å². The van der Waals surface area contributed by atoms with Gasteiger partial charge in [0.2, 0.25) is 11.8 Å². The average molecular weight is 322 g/mol. The quantitative estimate of drug-likeness (QED) is 0.695. The Balaban J connectivity index is 3.08. The molecule has 23 heavy (non-hydrogen) atoms. The molecule has 0 heterocycles. The molecule has 0 aliphatic rings. The molecule has 1 rings (SSSR count). The van der Waals surface area contributed by atoms with E-state index in [-0.39, 0.29) is 12.3 Å². The summed E-state index contributed by atoms with van der Waals surface area (Å²) in [5.41, 5.74) is -0.535. The molecule has 0 fully saturated rings. The third-order valence-corrected chi connectivity index (χ3v) is 3.42. The topological polar surface area (TPSA) is 105 Å². The Morgan fingerprint density at radius 2 is 2.00 bits per heavy atom. The van der Waals surface area contributed by atoms with Gasteiger partial charge in [-0.05, 0) is 31.5 Å². The average Bonchev–Trinajstić information content (AvgIpc) is 2.45. The fraction of sp³-hybridized carbons (Fsp3) is 0.438. The number of ether oxygens (including phenoxy) is 1. The highest BCUT2D eigenvalue weighted by molar-refractivity contribution is 5.87. The molecule has 3 N–H and O–H groups in total. The number of hydrogen-bond donors (Lipinski definition) is 3. The van der Waals surface area contributed by atoms with Gasteiger partial charge in [-0.3, -0.25) is 14.4 Å². The van der Waals surface area contributed by atoms with Crippen LogP contribution in [0.2, 0.25) is 0 Å². The zero-order valence-electron chi connectivity index (χ0n) is 13.7. The van der Waals surface area contributed by atoms with E-state index in [0.29, 0.717) is 11.3 Å². The van der Waals surface area contributed by atoms with Crippen molar-refractivity contribution >= 4 is 17.8 Å². The van der Waals surface area contributed by atoms with Gasteiger partial charge in [0.05, 0.1) is 19.1 Å². The summed E-state index contributed by atoms with van der Waals surface area (Å²) in [6, 6.07) is 6.07. The van der Waals surface area contributed by atoms with E-state index in [1.807, 2.05) is 0 Å². The summed E-state index contributed by atoms with van der Waals surface area (Å²) in [4.78, 5) is 34.5. The van der Waals surface area contributed by atoms with Gasteiger partial charge in [-0.25, -0.2) is 0 Å². The Bertz CT molecular complexity index is 602. The largest absolute Gasteiger partial charge is 0.497 e. The van der Waals surface area contributed by atoms with Gasteiger partial charge < -0.3 is 20.5 Å². The highest BCUT2D eigenvalue weighted by Gasteiger charge is 2.33.